The van der Waals surface area contributed by atoms with Crippen molar-refractivity contribution in [3.8, 4) is 23.8 Å². The third kappa shape index (κ3) is 4.19. The maximum Gasteiger partial charge on any atom is 0.524 e. The Labute approximate surface area is 119 Å². The molecule has 0 unspecified atom stereocenters. The van der Waals surface area contributed by atoms with Crippen molar-refractivity contribution in [3.63, 3.8) is 0 Å². The van der Waals surface area contributed by atoms with Crippen molar-refractivity contribution in [1.29, 1.82) is 0 Å². The first-order valence-corrected chi connectivity index (χ1v) is 6.92. The number of aromatic hydroxyl groups is 1. The second-order valence-electron chi connectivity index (χ2n) is 4.06. The van der Waals surface area contributed by atoms with E-state index in [1.165, 1.54) is 6.07 Å². The van der Waals surface area contributed by atoms with Gasteiger partial charge in [0.05, 0.1) is 0 Å². The van der Waals surface area contributed by atoms with Gasteiger partial charge in [-0.15, -0.1) is 6.42 Å². The van der Waals surface area contributed by atoms with Crippen LogP contribution in [0.25, 0.3) is 0 Å². The number of terminal acetylenes is 1. The molecule has 9 nitrogen and oxygen atoms in total. The summed E-state index contributed by atoms with van der Waals surface area (Å²) >= 11 is 0. The molecule has 0 radical (unpaired) electrons. The molecule has 0 aromatic heterocycles. The Kier molecular flexibility index (Phi) is 4.96. The van der Waals surface area contributed by atoms with Crippen LogP contribution in [0.1, 0.15) is 5.56 Å². The quantitative estimate of drug-likeness (QED) is 0.173. The van der Waals surface area contributed by atoms with Crippen LogP contribution in [0.5, 0.6) is 11.5 Å². The molecule has 1 aromatic carbocycles. The molecule has 0 amide bonds. The number of phosphoric acid groups is 1. The third-order valence-corrected chi connectivity index (χ3v) is 3.00. The summed E-state index contributed by atoms with van der Waals surface area (Å²) in [6, 6.07) is 3.43. The van der Waals surface area contributed by atoms with Crippen molar-refractivity contribution in [1.82, 2.24) is 5.43 Å². The van der Waals surface area contributed by atoms with Gasteiger partial charge in [0, 0.05) is 6.42 Å². The van der Waals surface area contributed by atoms with Crippen LogP contribution in [0, 0.1) is 12.3 Å². The molecular formula is C11H13N2O7P. The molecule has 114 valence electrons. The zero-order chi connectivity index (χ0) is 16.3. The molecule has 0 saturated heterocycles. The van der Waals surface area contributed by atoms with E-state index in [2.05, 4.69) is 4.52 Å². The van der Waals surface area contributed by atoms with Crippen LogP contribution >= 0.6 is 7.82 Å². The van der Waals surface area contributed by atoms with E-state index < -0.39 is 30.8 Å². The molecule has 7 N–H and O–H groups in total. The SMILES string of the molecule is C#C[C@@](Cc1ccc(OP(=O)(O)O)c(O)c1)(NN)C(=O)O. The van der Waals surface area contributed by atoms with Gasteiger partial charge >= 0.3 is 13.8 Å². The number of carboxylic acid groups (broad SMARTS) is 1. The van der Waals surface area contributed by atoms with Crippen LogP contribution < -0.4 is 15.8 Å². The molecule has 0 aliphatic heterocycles. The van der Waals surface area contributed by atoms with Gasteiger partial charge in [-0.3, -0.25) is 15.6 Å². The van der Waals surface area contributed by atoms with Crippen LogP contribution in [0.15, 0.2) is 18.2 Å². The zero-order valence-corrected chi connectivity index (χ0v) is 11.4. The summed E-state index contributed by atoms with van der Waals surface area (Å²) < 4.78 is 14.9. The van der Waals surface area contributed by atoms with Crippen LogP contribution in [-0.4, -0.2) is 31.5 Å². The van der Waals surface area contributed by atoms with E-state index in [1.807, 2.05) is 11.3 Å². The Morgan fingerprint density at radius 1 is 1.52 bits per heavy atom. The number of phenols is 1. The van der Waals surface area contributed by atoms with Gasteiger partial charge in [-0.2, -0.15) is 0 Å². The predicted molar refractivity (Wildman–Crippen MR) is 71.0 cm³/mol. The number of hydrazine groups is 1. The maximum absolute atomic E-state index is 11.2. The summed E-state index contributed by atoms with van der Waals surface area (Å²) in [5.74, 6) is 4.75. The van der Waals surface area contributed by atoms with E-state index in [-0.39, 0.29) is 12.0 Å². The Hall–Kier alpha value is -2.08. The molecule has 1 atom stereocenters. The molecule has 0 aliphatic rings. The summed E-state index contributed by atoms with van der Waals surface area (Å²) in [5, 5.41) is 18.7. The van der Waals surface area contributed by atoms with Crippen LogP contribution in [0.4, 0.5) is 0 Å². The fourth-order valence-electron chi connectivity index (χ4n) is 1.53. The maximum atomic E-state index is 11.2. The average Bonchev–Trinajstić information content (AvgIpc) is 2.37. The van der Waals surface area contributed by atoms with E-state index in [4.69, 9.17) is 27.2 Å². The van der Waals surface area contributed by atoms with Crippen molar-refractivity contribution in [2.75, 3.05) is 0 Å². The van der Waals surface area contributed by atoms with Crippen LogP contribution in [-0.2, 0) is 15.8 Å². The van der Waals surface area contributed by atoms with Gasteiger partial charge in [0.1, 0.15) is 0 Å². The lowest BCUT2D eigenvalue weighted by molar-refractivity contribution is -0.142. The number of carbonyl (C=O) groups is 1. The first kappa shape index (κ1) is 17.0. The van der Waals surface area contributed by atoms with Gasteiger partial charge in [-0.25, -0.2) is 14.8 Å². The molecule has 21 heavy (non-hydrogen) atoms. The minimum absolute atomic E-state index is 0.265. The first-order chi connectivity index (χ1) is 9.63. The number of nitrogens with two attached hydrogens (primary N) is 1. The fraction of sp³-hybridized carbons (Fsp3) is 0.182. The van der Waals surface area contributed by atoms with Crippen molar-refractivity contribution in [2.24, 2.45) is 5.84 Å². The number of hydrogen-bond donors (Lipinski definition) is 6. The van der Waals surface area contributed by atoms with Crippen molar-refractivity contribution < 1.29 is 33.9 Å². The van der Waals surface area contributed by atoms with E-state index in [1.54, 1.807) is 0 Å². The van der Waals surface area contributed by atoms with Crippen LogP contribution in [0.2, 0.25) is 0 Å². The lowest BCUT2D eigenvalue weighted by Gasteiger charge is -2.22. The first-order valence-electron chi connectivity index (χ1n) is 5.39. The topological polar surface area (TPSA) is 162 Å². The van der Waals surface area contributed by atoms with Gasteiger partial charge < -0.3 is 14.7 Å². The fourth-order valence-corrected chi connectivity index (χ4v) is 1.94. The Bertz CT molecular complexity index is 636. The second-order valence-corrected chi connectivity index (χ2v) is 5.22. The highest BCUT2D eigenvalue weighted by Crippen LogP contribution is 2.41. The van der Waals surface area contributed by atoms with Crippen molar-refractivity contribution >= 4 is 13.8 Å². The van der Waals surface area contributed by atoms with Crippen LogP contribution in [0.3, 0.4) is 0 Å². The number of rotatable bonds is 6. The summed E-state index contributed by atoms with van der Waals surface area (Å²) in [6.45, 7) is 0. The highest BCUT2D eigenvalue weighted by Gasteiger charge is 2.36. The largest absolute Gasteiger partial charge is 0.524 e. The number of phosphoric ester groups is 1. The minimum atomic E-state index is -4.82. The molecule has 10 heteroatoms. The monoisotopic (exact) mass is 316 g/mol. The highest BCUT2D eigenvalue weighted by molar-refractivity contribution is 7.46. The van der Waals surface area contributed by atoms with Crippen molar-refractivity contribution in [3.05, 3.63) is 23.8 Å². The van der Waals surface area contributed by atoms with Gasteiger partial charge in [0.25, 0.3) is 0 Å². The Morgan fingerprint density at radius 2 is 2.14 bits per heavy atom. The summed E-state index contributed by atoms with van der Waals surface area (Å²) in [7, 11) is -4.82. The average molecular weight is 316 g/mol. The number of carboxylic acids is 1. The normalized spacial score (nSPS) is 14.0. The summed E-state index contributed by atoms with van der Waals surface area (Å²) in [5.41, 5.74) is 0.403. The number of phenolic OH excluding ortho intramolecular Hbond substituents is 1. The van der Waals surface area contributed by atoms with Crippen molar-refractivity contribution in [2.45, 2.75) is 12.0 Å². The molecule has 0 heterocycles. The van der Waals surface area contributed by atoms with Gasteiger partial charge in [-0.05, 0) is 17.7 Å². The lowest BCUT2D eigenvalue weighted by Crippen LogP contribution is -2.56. The Morgan fingerprint density at radius 3 is 2.52 bits per heavy atom. The van der Waals surface area contributed by atoms with Gasteiger partial charge in [0.2, 0.25) is 0 Å². The summed E-state index contributed by atoms with van der Waals surface area (Å²) in [6.07, 6.45) is 4.89. The molecule has 0 saturated carbocycles. The molecular weight excluding hydrogens is 303 g/mol. The smallest absolute Gasteiger partial charge is 0.504 e. The van der Waals surface area contributed by atoms with Gasteiger partial charge in [-0.1, -0.05) is 12.0 Å². The van der Waals surface area contributed by atoms with E-state index in [0.717, 1.165) is 12.1 Å². The number of benzene rings is 1. The molecule has 0 spiro atoms. The molecule has 1 aromatic rings. The molecule has 0 bridgehead atoms. The third-order valence-electron chi connectivity index (χ3n) is 2.57. The standard InChI is InChI=1S/C11H13N2O7P/c1-2-11(13-12,10(15)16)6-7-3-4-9(8(14)5-7)20-21(17,18)19/h1,3-5,13-14H,6,12H2,(H,15,16)(H2,17,18,19)/t11-/m0/s1. The Balaban J connectivity index is 3.07. The second kappa shape index (κ2) is 6.13. The van der Waals surface area contributed by atoms with E-state index in [9.17, 15) is 14.5 Å². The minimum Gasteiger partial charge on any atom is -0.504 e. The van der Waals surface area contributed by atoms with E-state index >= 15 is 0 Å². The number of hydrogen-bond acceptors (Lipinski definition) is 6. The molecule has 0 fully saturated rings. The van der Waals surface area contributed by atoms with E-state index in [0.29, 0.717) is 0 Å². The lowest BCUT2D eigenvalue weighted by atomic mass is 9.92. The summed E-state index contributed by atoms with van der Waals surface area (Å²) in [4.78, 5) is 28.4. The predicted octanol–water partition coefficient (Wildman–Crippen LogP) is -0.674. The number of nitrogens with one attached hydrogen (secondary N) is 1. The molecule has 1 rings (SSSR count). The molecule has 0 aliphatic carbocycles. The highest BCUT2D eigenvalue weighted by atomic mass is 31.2. The number of aliphatic carboxylic acids is 1. The zero-order valence-electron chi connectivity index (χ0n) is 10.6. The van der Waals surface area contributed by atoms with Gasteiger partial charge in [0.15, 0.2) is 17.0 Å².